The van der Waals surface area contributed by atoms with Gasteiger partial charge in [0.15, 0.2) is 0 Å². The van der Waals surface area contributed by atoms with Crippen molar-refractivity contribution in [2.45, 2.75) is 19.4 Å². The summed E-state index contributed by atoms with van der Waals surface area (Å²) in [6, 6.07) is 4.67. The molecule has 0 saturated carbocycles. The molecule has 98 valence electrons. The Labute approximate surface area is 122 Å². The van der Waals surface area contributed by atoms with Gasteiger partial charge in [0.05, 0.1) is 4.99 Å². The summed E-state index contributed by atoms with van der Waals surface area (Å²) in [5.41, 5.74) is 5.92. The number of hydrogen-bond donors (Lipinski definition) is 1. The molecule has 18 heavy (non-hydrogen) atoms. The first-order chi connectivity index (χ1) is 8.31. The number of rotatable bonds is 4. The second-order valence-electron chi connectivity index (χ2n) is 4.09. The molecular formula is C12H14Cl2N2OS. The van der Waals surface area contributed by atoms with E-state index in [1.54, 1.807) is 30.1 Å². The fourth-order valence-electron chi connectivity index (χ4n) is 1.51. The quantitative estimate of drug-likeness (QED) is 0.869. The van der Waals surface area contributed by atoms with Gasteiger partial charge in [-0.25, -0.2) is 0 Å². The van der Waals surface area contributed by atoms with Crippen molar-refractivity contribution in [1.82, 2.24) is 4.90 Å². The molecule has 0 aliphatic rings. The van der Waals surface area contributed by atoms with E-state index in [4.69, 9.17) is 41.2 Å². The molecule has 0 aromatic heterocycles. The second kappa shape index (κ2) is 6.36. The van der Waals surface area contributed by atoms with E-state index >= 15 is 0 Å². The Bertz CT molecular complexity index is 459. The van der Waals surface area contributed by atoms with Crippen molar-refractivity contribution in [3.05, 3.63) is 33.8 Å². The Balaban J connectivity index is 2.89. The molecule has 1 amide bonds. The van der Waals surface area contributed by atoms with E-state index in [0.29, 0.717) is 27.0 Å². The number of benzene rings is 1. The summed E-state index contributed by atoms with van der Waals surface area (Å²) < 4.78 is 0. The summed E-state index contributed by atoms with van der Waals surface area (Å²) in [4.78, 5) is 14.1. The summed E-state index contributed by atoms with van der Waals surface area (Å²) in [6.07, 6.45) is 0.478. The number of halogens is 2. The molecule has 1 aromatic rings. The van der Waals surface area contributed by atoms with Crippen molar-refractivity contribution in [3.8, 4) is 0 Å². The van der Waals surface area contributed by atoms with Crippen LogP contribution in [0.2, 0.25) is 10.0 Å². The van der Waals surface area contributed by atoms with Crippen molar-refractivity contribution < 1.29 is 4.79 Å². The molecule has 0 radical (unpaired) electrons. The molecule has 1 unspecified atom stereocenters. The smallest absolute Gasteiger partial charge is 0.253 e. The van der Waals surface area contributed by atoms with Crippen LogP contribution < -0.4 is 5.73 Å². The third-order valence-corrected chi connectivity index (χ3v) is 3.19. The molecule has 0 saturated heterocycles. The Morgan fingerprint density at radius 3 is 2.33 bits per heavy atom. The average Bonchev–Trinajstić information content (AvgIpc) is 2.24. The number of nitrogens with two attached hydrogens (primary N) is 1. The largest absolute Gasteiger partial charge is 0.393 e. The van der Waals surface area contributed by atoms with Crippen molar-refractivity contribution in [3.63, 3.8) is 0 Å². The fraction of sp³-hybridized carbons (Fsp3) is 0.333. The minimum Gasteiger partial charge on any atom is -0.393 e. The molecule has 2 N–H and O–H groups in total. The van der Waals surface area contributed by atoms with E-state index in [9.17, 15) is 4.79 Å². The van der Waals surface area contributed by atoms with Crippen LogP contribution in [0.1, 0.15) is 23.7 Å². The van der Waals surface area contributed by atoms with Crippen LogP contribution in [0.25, 0.3) is 0 Å². The van der Waals surface area contributed by atoms with E-state index in [1.807, 2.05) is 6.92 Å². The van der Waals surface area contributed by atoms with Crippen molar-refractivity contribution in [2.24, 2.45) is 5.73 Å². The molecule has 1 aromatic carbocycles. The maximum atomic E-state index is 12.2. The number of carbonyl (C=O) groups excluding carboxylic acids is 1. The zero-order valence-electron chi connectivity index (χ0n) is 10.1. The maximum Gasteiger partial charge on any atom is 0.253 e. The molecule has 0 aliphatic heterocycles. The number of carbonyl (C=O) groups is 1. The lowest BCUT2D eigenvalue weighted by molar-refractivity contribution is 0.0748. The van der Waals surface area contributed by atoms with Gasteiger partial charge in [-0.1, -0.05) is 35.4 Å². The molecule has 0 heterocycles. The lowest BCUT2D eigenvalue weighted by atomic mass is 10.1. The van der Waals surface area contributed by atoms with Crippen LogP contribution in [-0.4, -0.2) is 28.9 Å². The highest BCUT2D eigenvalue weighted by molar-refractivity contribution is 7.80. The predicted octanol–water partition coefficient (Wildman–Crippen LogP) is 3.13. The molecule has 6 heteroatoms. The highest BCUT2D eigenvalue weighted by atomic mass is 35.5. The molecular weight excluding hydrogens is 291 g/mol. The van der Waals surface area contributed by atoms with Crippen molar-refractivity contribution >= 4 is 46.3 Å². The van der Waals surface area contributed by atoms with Crippen LogP contribution in [-0.2, 0) is 0 Å². The van der Waals surface area contributed by atoms with Crippen LogP contribution in [0, 0.1) is 0 Å². The summed E-state index contributed by atoms with van der Waals surface area (Å²) in [5.74, 6) is -0.164. The molecule has 0 fully saturated rings. The first-order valence-corrected chi connectivity index (χ1v) is 6.49. The van der Waals surface area contributed by atoms with E-state index in [-0.39, 0.29) is 11.9 Å². The van der Waals surface area contributed by atoms with Crippen LogP contribution in [0.5, 0.6) is 0 Å². The van der Waals surface area contributed by atoms with Crippen LogP contribution >= 0.6 is 35.4 Å². The fourth-order valence-corrected chi connectivity index (χ4v) is 2.28. The lowest BCUT2D eigenvalue weighted by Gasteiger charge is -2.24. The Morgan fingerprint density at radius 1 is 1.39 bits per heavy atom. The molecule has 0 spiro atoms. The normalized spacial score (nSPS) is 12.0. The van der Waals surface area contributed by atoms with Gasteiger partial charge in [-0.15, -0.1) is 0 Å². The zero-order chi connectivity index (χ0) is 13.9. The first-order valence-electron chi connectivity index (χ1n) is 5.33. The Hall–Kier alpha value is -0.840. The second-order valence-corrected chi connectivity index (χ2v) is 5.49. The summed E-state index contributed by atoms with van der Waals surface area (Å²) >= 11 is 16.6. The van der Waals surface area contributed by atoms with Gasteiger partial charge in [0.1, 0.15) is 0 Å². The Morgan fingerprint density at radius 2 is 1.89 bits per heavy atom. The minimum atomic E-state index is -0.164. The summed E-state index contributed by atoms with van der Waals surface area (Å²) in [7, 11) is 1.69. The monoisotopic (exact) mass is 304 g/mol. The summed E-state index contributed by atoms with van der Waals surface area (Å²) in [5, 5.41) is 0.863. The highest BCUT2D eigenvalue weighted by Crippen LogP contribution is 2.20. The number of hydrogen-bond acceptors (Lipinski definition) is 2. The van der Waals surface area contributed by atoms with Gasteiger partial charge in [0, 0.05) is 35.1 Å². The number of amides is 1. The number of nitrogens with zero attached hydrogens (tertiary/aromatic N) is 1. The van der Waals surface area contributed by atoms with Gasteiger partial charge in [-0.05, 0) is 25.1 Å². The van der Waals surface area contributed by atoms with Crippen LogP contribution in [0.3, 0.4) is 0 Å². The average molecular weight is 305 g/mol. The number of thiocarbonyl (C=S) groups is 1. The molecule has 1 atom stereocenters. The molecule has 0 bridgehead atoms. The van der Waals surface area contributed by atoms with Gasteiger partial charge in [0.2, 0.25) is 0 Å². The minimum absolute atomic E-state index is 0.0762. The van der Waals surface area contributed by atoms with E-state index < -0.39 is 0 Å². The highest BCUT2D eigenvalue weighted by Gasteiger charge is 2.18. The van der Waals surface area contributed by atoms with Gasteiger partial charge in [-0.2, -0.15) is 0 Å². The maximum absolute atomic E-state index is 12.2. The van der Waals surface area contributed by atoms with E-state index in [0.717, 1.165) is 0 Å². The van der Waals surface area contributed by atoms with Crippen LogP contribution in [0.15, 0.2) is 18.2 Å². The molecule has 0 aliphatic carbocycles. The van der Waals surface area contributed by atoms with Gasteiger partial charge in [0.25, 0.3) is 5.91 Å². The Kier molecular flexibility index (Phi) is 5.38. The molecule has 3 nitrogen and oxygen atoms in total. The SMILES string of the molecule is CC(CC(N)=S)N(C)C(=O)c1cc(Cl)cc(Cl)c1. The van der Waals surface area contributed by atoms with E-state index in [2.05, 4.69) is 0 Å². The van der Waals surface area contributed by atoms with Crippen molar-refractivity contribution in [1.29, 1.82) is 0 Å². The standard InChI is InChI=1S/C12H14Cl2N2OS/c1-7(3-11(15)18)16(2)12(17)8-4-9(13)6-10(14)5-8/h4-7H,3H2,1-2H3,(H2,15,18). The third-order valence-electron chi connectivity index (χ3n) is 2.59. The predicted molar refractivity (Wildman–Crippen MR) is 79.4 cm³/mol. The van der Waals surface area contributed by atoms with Gasteiger partial charge in [-0.3, -0.25) is 4.79 Å². The summed E-state index contributed by atoms with van der Waals surface area (Å²) in [6.45, 7) is 1.88. The van der Waals surface area contributed by atoms with E-state index in [1.165, 1.54) is 0 Å². The van der Waals surface area contributed by atoms with Crippen LogP contribution in [0.4, 0.5) is 0 Å². The van der Waals surface area contributed by atoms with Crippen molar-refractivity contribution in [2.75, 3.05) is 7.05 Å². The topological polar surface area (TPSA) is 46.3 Å². The zero-order valence-corrected chi connectivity index (χ0v) is 12.4. The van der Waals surface area contributed by atoms with Gasteiger partial charge >= 0.3 is 0 Å². The van der Waals surface area contributed by atoms with Gasteiger partial charge < -0.3 is 10.6 Å². The lowest BCUT2D eigenvalue weighted by Crippen LogP contribution is -2.37. The third kappa shape index (κ3) is 4.12. The molecule has 1 rings (SSSR count). The first kappa shape index (κ1) is 15.2.